The lowest BCUT2D eigenvalue weighted by molar-refractivity contribution is 0.287. The molecular weight excluding hydrogens is 162 g/mol. The van der Waals surface area contributed by atoms with E-state index in [2.05, 4.69) is 42.6 Å². The summed E-state index contributed by atoms with van der Waals surface area (Å²) in [6, 6.07) is 0.493. The molecular formula is C10H21N3. The Kier molecular flexibility index (Phi) is 3.75. The third kappa shape index (κ3) is 3.79. The van der Waals surface area contributed by atoms with Crippen molar-refractivity contribution in [3.63, 3.8) is 0 Å². The molecule has 76 valence electrons. The normalized spacial score (nSPS) is 19.7. The fourth-order valence-corrected chi connectivity index (χ4v) is 1.65. The molecule has 0 aromatic heterocycles. The second kappa shape index (κ2) is 4.63. The van der Waals surface area contributed by atoms with Gasteiger partial charge in [0.25, 0.3) is 0 Å². The third-order valence-corrected chi connectivity index (χ3v) is 2.15. The van der Waals surface area contributed by atoms with Crippen LogP contribution in [0.3, 0.4) is 0 Å². The molecule has 0 aliphatic carbocycles. The van der Waals surface area contributed by atoms with E-state index in [1.807, 2.05) is 0 Å². The summed E-state index contributed by atoms with van der Waals surface area (Å²) in [5, 5.41) is 3.33. The Labute approximate surface area is 81.4 Å². The quantitative estimate of drug-likeness (QED) is 0.692. The van der Waals surface area contributed by atoms with E-state index in [9.17, 15) is 0 Å². The van der Waals surface area contributed by atoms with Crippen LogP contribution in [0.15, 0.2) is 12.3 Å². The van der Waals surface area contributed by atoms with Crippen LogP contribution < -0.4 is 5.32 Å². The summed E-state index contributed by atoms with van der Waals surface area (Å²) in [5.74, 6) is 0. The molecule has 1 saturated heterocycles. The molecule has 13 heavy (non-hydrogen) atoms. The highest BCUT2D eigenvalue weighted by molar-refractivity contribution is 4.96. The summed E-state index contributed by atoms with van der Waals surface area (Å²) >= 11 is 0. The molecule has 0 aromatic rings. The average molecular weight is 183 g/mol. The van der Waals surface area contributed by atoms with Crippen molar-refractivity contribution in [3.8, 4) is 0 Å². The Morgan fingerprint density at radius 2 is 2.15 bits per heavy atom. The smallest absolute Gasteiger partial charge is 0.0508 e. The first-order chi connectivity index (χ1) is 6.08. The van der Waals surface area contributed by atoms with Crippen molar-refractivity contribution < 1.29 is 0 Å². The van der Waals surface area contributed by atoms with E-state index < -0.39 is 0 Å². The van der Waals surface area contributed by atoms with Crippen molar-refractivity contribution in [1.29, 1.82) is 0 Å². The lowest BCUT2D eigenvalue weighted by Gasteiger charge is -2.19. The van der Waals surface area contributed by atoms with Crippen LogP contribution in [0, 0.1) is 0 Å². The predicted molar refractivity (Wildman–Crippen MR) is 56.5 cm³/mol. The molecule has 0 amide bonds. The molecule has 0 spiro atoms. The zero-order valence-electron chi connectivity index (χ0n) is 9.01. The summed E-state index contributed by atoms with van der Waals surface area (Å²) in [6.07, 6.45) is 0. The van der Waals surface area contributed by atoms with E-state index >= 15 is 0 Å². The standard InChI is InChI=1S/C10H21N3/c1-9(2)11-10(3)7-13-6-5-12(4)8-13/h9,11H,3,5-8H2,1-2,4H3. The van der Waals surface area contributed by atoms with Gasteiger partial charge >= 0.3 is 0 Å². The molecule has 1 aliphatic heterocycles. The van der Waals surface area contributed by atoms with Gasteiger partial charge < -0.3 is 5.32 Å². The number of hydrogen-bond donors (Lipinski definition) is 1. The lowest BCUT2D eigenvalue weighted by atomic mass is 10.3. The van der Waals surface area contributed by atoms with Crippen molar-refractivity contribution >= 4 is 0 Å². The second-order valence-corrected chi connectivity index (χ2v) is 4.18. The summed E-state index contributed by atoms with van der Waals surface area (Å²) in [5.41, 5.74) is 1.13. The maximum Gasteiger partial charge on any atom is 0.0508 e. The van der Waals surface area contributed by atoms with Gasteiger partial charge in [-0.3, -0.25) is 9.80 Å². The SMILES string of the molecule is C=C(CN1CCN(C)C1)NC(C)C. The van der Waals surface area contributed by atoms with E-state index in [0.29, 0.717) is 6.04 Å². The Morgan fingerprint density at radius 3 is 2.62 bits per heavy atom. The van der Waals surface area contributed by atoms with Crippen molar-refractivity contribution in [3.05, 3.63) is 12.3 Å². The maximum absolute atomic E-state index is 4.01. The van der Waals surface area contributed by atoms with Crippen LogP contribution >= 0.6 is 0 Å². The first-order valence-electron chi connectivity index (χ1n) is 4.93. The van der Waals surface area contributed by atoms with Crippen LogP contribution in [-0.2, 0) is 0 Å². The molecule has 3 nitrogen and oxygen atoms in total. The highest BCUT2D eigenvalue weighted by Gasteiger charge is 2.16. The van der Waals surface area contributed by atoms with Crippen LogP contribution in [0.5, 0.6) is 0 Å². The molecule has 1 rings (SSSR count). The minimum absolute atomic E-state index is 0.493. The number of hydrogen-bond acceptors (Lipinski definition) is 3. The number of rotatable bonds is 4. The fraction of sp³-hybridized carbons (Fsp3) is 0.800. The van der Waals surface area contributed by atoms with Gasteiger partial charge in [-0.25, -0.2) is 0 Å². The largest absolute Gasteiger partial charge is 0.386 e. The first-order valence-corrected chi connectivity index (χ1v) is 4.93. The topological polar surface area (TPSA) is 18.5 Å². The minimum Gasteiger partial charge on any atom is -0.386 e. The summed E-state index contributed by atoms with van der Waals surface area (Å²) in [4.78, 5) is 4.72. The predicted octanol–water partition coefficient (Wildman–Crippen LogP) is 0.703. The van der Waals surface area contributed by atoms with Gasteiger partial charge in [0.15, 0.2) is 0 Å². The van der Waals surface area contributed by atoms with Gasteiger partial charge in [-0.05, 0) is 20.9 Å². The highest BCUT2D eigenvalue weighted by atomic mass is 15.4. The minimum atomic E-state index is 0.493. The molecule has 1 aliphatic rings. The summed E-state index contributed by atoms with van der Waals surface area (Å²) < 4.78 is 0. The van der Waals surface area contributed by atoms with Crippen molar-refractivity contribution in [1.82, 2.24) is 15.1 Å². The maximum atomic E-state index is 4.01. The van der Waals surface area contributed by atoms with Gasteiger partial charge in [0.1, 0.15) is 0 Å². The van der Waals surface area contributed by atoms with Crippen LogP contribution in [0.2, 0.25) is 0 Å². The summed E-state index contributed by atoms with van der Waals surface area (Å²) in [6.45, 7) is 12.7. The van der Waals surface area contributed by atoms with Gasteiger partial charge in [0.2, 0.25) is 0 Å². The molecule has 1 heterocycles. The van der Waals surface area contributed by atoms with Crippen LogP contribution in [-0.4, -0.2) is 49.2 Å². The fourth-order valence-electron chi connectivity index (χ4n) is 1.65. The van der Waals surface area contributed by atoms with Crippen LogP contribution in [0.25, 0.3) is 0 Å². The monoisotopic (exact) mass is 183 g/mol. The Bertz CT molecular complexity index is 177. The van der Waals surface area contributed by atoms with Gasteiger partial charge in [-0.2, -0.15) is 0 Å². The van der Waals surface area contributed by atoms with E-state index in [0.717, 1.165) is 25.5 Å². The Morgan fingerprint density at radius 1 is 1.46 bits per heavy atom. The Hall–Kier alpha value is -0.540. The van der Waals surface area contributed by atoms with E-state index in [-0.39, 0.29) is 0 Å². The van der Waals surface area contributed by atoms with Crippen molar-refractivity contribution in [2.75, 3.05) is 33.4 Å². The second-order valence-electron chi connectivity index (χ2n) is 4.18. The van der Waals surface area contributed by atoms with E-state index in [1.54, 1.807) is 0 Å². The van der Waals surface area contributed by atoms with Gasteiger partial charge in [-0.15, -0.1) is 0 Å². The molecule has 0 atom stereocenters. The number of likely N-dealkylation sites (N-methyl/N-ethyl adjacent to an activating group) is 1. The summed E-state index contributed by atoms with van der Waals surface area (Å²) in [7, 11) is 2.15. The molecule has 0 bridgehead atoms. The van der Waals surface area contributed by atoms with Crippen molar-refractivity contribution in [2.45, 2.75) is 19.9 Å². The van der Waals surface area contributed by atoms with Gasteiger partial charge in [-0.1, -0.05) is 6.58 Å². The molecule has 0 radical (unpaired) electrons. The molecule has 0 saturated carbocycles. The van der Waals surface area contributed by atoms with Crippen molar-refractivity contribution in [2.24, 2.45) is 0 Å². The van der Waals surface area contributed by atoms with Gasteiger partial charge in [0, 0.05) is 31.4 Å². The highest BCUT2D eigenvalue weighted by Crippen LogP contribution is 2.03. The van der Waals surface area contributed by atoms with Gasteiger partial charge in [0.05, 0.1) is 6.67 Å². The third-order valence-electron chi connectivity index (χ3n) is 2.15. The van der Waals surface area contributed by atoms with Crippen LogP contribution in [0.4, 0.5) is 0 Å². The Balaban J connectivity index is 2.21. The zero-order chi connectivity index (χ0) is 9.84. The van der Waals surface area contributed by atoms with E-state index in [4.69, 9.17) is 0 Å². The molecule has 3 heteroatoms. The number of nitrogens with one attached hydrogen (secondary N) is 1. The molecule has 1 N–H and O–H groups in total. The number of nitrogens with zero attached hydrogens (tertiary/aromatic N) is 2. The zero-order valence-corrected chi connectivity index (χ0v) is 9.01. The molecule has 0 unspecified atom stereocenters. The molecule has 0 aromatic carbocycles. The van der Waals surface area contributed by atoms with Crippen LogP contribution in [0.1, 0.15) is 13.8 Å². The average Bonchev–Trinajstić information content (AvgIpc) is 2.33. The lowest BCUT2D eigenvalue weighted by Crippen LogP contribution is -2.32. The molecule has 1 fully saturated rings. The first kappa shape index (κ1) is 10.5. The van der Waals surface area contributed by atoms with E-state index in [1.165, 1.54) is 6.54 Å².